The van der Waals surface area contributed by atoms with Gasteiger partial charge in [-0.15, -0.1) is 13.2 Å². The molecular formula is C8H4F4N2O. The van der Waals surface area contributed by atoms with Gasteiger partial charge in [0.25, 0.3) is 0 Å². The molecule has 0 aromatic carbocycles. The van der Waals surface area contributed by atoms with Crippen LogP contribution in [0.15, 0.2) is 12.3 Å². The van der Waals surface area contributed by atoms with Gasteiger partial charge in [0.2, 0.25) is 5.95 Å². The summed E-state index contributed by atoms with van der Waals surface area (Å²) < 4.78 is 52.0. The van der Waals surface area contributed by atoms with Gasteiger partial charge >= 0.3 is 6.36 Å². The van der Waals surface area contributed by atoms with Crippen molar-refractivity contribution in [2.75, 3.05) is 0 Å². The highest BCUT2D eigenvalue weighted by molar-refractivity contribution is 5.33. The first-order chi connectivity index (χ1) is 6.94. The van der Waals surface area contributed by atoms with Crippen LogP contribution in [0.25, 0.3) is 0 Å². The Morgan fingerprint density at radius 1 is 1.47 bits per heavy atom. The summed E-state index contributed by atoms with van der Waals surface area (Å²) >= 11 is 0. The molecule has 0 aliphatic carbocycles. The quantitative estimate of drug-likeness (QED) is 0.566. The number of halogens is 4. The second kappa shape index (κ2) is 4.13. The third-order valence-electron chi connectivity index (χ3n) is 1.44. The SMILES string of the molecule is N#CCc1c(OC(F)(F)F)ccnc1F. The number of aromatic nitrogens is 1. The first-order valence-corrected chi connectivity index (χ1v) is 3.70. The molecule has 80 valence electrons. The Balaban J connectivity index is 3.07. The maximum Gasteiger partial charge on any atom is 0.573 e. The maximum absolute atomic E-state index is 12.9. The highest BCUT2D eigenvalue weighted by Gasteiger charge is 2.32. The first-order valence-electron chi connectivity index (χ1n) is 3.70. The van der Waals surface area contributed by atoms with Crippen molar-refractivity contribution in [1.29, 1.82) is 5.26 Å². The van der Waals surface area contributed by atoms with Crippen LogP contribution in [-0.4, -0.2) is 11.3 Å². The van der Waals surface area contributed by atoms with Crippen LogP contribution < -0.4 is 4.74 Å². The fourth-order valence-corrected chi connectivity index (χ4v) is 0.910. The minimum absolute atomic E-state index is 0.502. The number of ether oxygens (including phenoxy) is 1. The lowest BCUT2D eigenvalue weighted by Gasteiger charge is -2.11. The van der Waals surface area contributed by atoms with Gasteiger partial charge in [0.15, 0.2) is 0 Å². The topological polar surface area (TPSA) is 45.9 Å². The van der Waals surface area contributed by atoms with Crippen molar-refractivity contribution in [3.63, 3.8) is 0 Å². The Morgan fingerprint density at radius 3 is 2.67 bits per heavy atom. The molecule has 7 heteroatoms. The highest BCUT2D eigenvalue weighted by atomic mass is 19.4. The summed E-state index contributed by atoms with van der Waals surface area (Å²) in [6, 6.07) is 2.37. The summed E-state index contributed by atoms with van der Waals surface area (Å²) in [4.78, 5) is 3.12. The van der Waals surface area contributed by atoms with Crippen LogP contribution in [0.2, 0.25) is 0 Å². The lowest BCUT2D eigenvalue weighted by Crippen LogP contribution is -2.18. The molecule has 0 bridgehead atoms. The number of alkyl halides is 3. The Kier molecular flexibility index (Phi) is 3.09. The number of hydrogen-bond acceptors (Lipinski definition) is 3. The molecule has 1 aromatic heterocycles. The van der Waals surface area contributed by atoms with E-state index >= 15 is 0 Å². The van der Waals surface area contributed by atoms with Gasteiger partial charge in [-0.2, -0.15) is 9.65 Å². The number of rotatable bonds is 2. The van der Waals surface area contributed by atoms with Crippen molar-refractivity contribution in [2.45, 2.75) is 12.8 Å². The Hall–Kier alpha value is -1.84. The second-order valence-corrected chi connectivity index (χ2v) is 2.46. The van der Waals surface area contributed by atoms with Crippen LogP contribution in [0, 0.1) is 17.3 Å². The van der Waals surface area contributed by atoms with Gasteiger partial charge in [0.05, 0.1) is 18.1 Å². The predicted octanol–water partition coefficient (Wildman–Crippen LogP) is 2.19. The van der Waals surface area contributed by atoms with E-state index in [1.54, 1.807) is 0 Å². The van der Waals surface area contributed by atoms with E-state index in [0.717, 1.165) is 12.3 Å². The third-order valence-corrected chi connectivity index (χ3v) is 1.44. The Morgan fingerprint density at radius 2 is 2.13 bits per heavy atom. The fourth-order valence-electron chi connectivity index (χ4n) is 0.910. The van der Waals surface area contributed by atoms with Crippen LogP contribution in [0.1, 0.15) is 5.56 Å². The second-order valence-electron chi connectivity index (χ2n) is 2.46. The first kappa shape index (κ1) is 11.2. The highest BCUT2D eigenvalue weighted by Crippen LogP contribution is 2.27. The van der Waals surface area contributed by atoms with Gasteiger partial charge in [-0.25, -0.2) is 4.98 Å². The molecule has 0 aliphatic heterocycles. The Bertz CT molecular complexity index is 397. The minimum Gasteiger partial charge on any atom is -0.405 e. The molecule has 3 nitrogen and oxygen atoms in total. The fraction of sp³-hybridized carbons (Fsp3) is 0.250. The van der Waals surface area contributed by atoms with Crippen LogP contribution >= 0.6 is 0 Å². The predicted molar refractivity (Wildman–Crippen MR) is 40.2 cm³/mol. The van der Waals surface area contributed by atoms with E-state index in [9.17, 15) is 17.6 Å². The zero-order chi connectivity index (χ0) is 11.5. The van der Waals surface area contributed by atoms with E-state index in [2.05, 4.69) is 9.72 Å². The van der Waals surface area contributed by atoms with Crippen molar-refractivity contribution < 1.29 is 22.3 Å². The van der Waals surface area contributed by atoms with Gasteiger partial charge in [-0.05, 0) is 6.07 Å². The van der Waals surface area contributed by atoms with Gasteiger partial charge < -0.3 is 4.74 Å². The third kappa shape index (κ3) is 3.09. The number of pyridine rings is 1. The molecule has 0 unspecified atom stereocenters. The smallest absolute Gasteiger partial charge is 0.405 e. The van der Waals surface area contributed by atoms with E-state index in [-0.39, 0.29) is 0 Å². The summed E-state index contributed by atoms with van der Waals surface area (Å²) in [5, 5.41) is 8.29. The molecule has 1 rings (SSSR count). The van der Waals surface area contributed by atoms with Crippen LogP contribution in [0.4, 0.5) is 17.6 Å². The summed E-state index contributed by atoms with van der Waals surface area (Å²) in [6.07, 6.45) is -4.62. The molecule has 0 atom stereocenters. The molecule has 0 radical (unpaired) electrons. The van der Waals surface area contributed by atoms with E-state index < -0.39 is 30.0 Å². The van der Waals surface area contributed by atoms with Crippen molar-refractivity contribution in [3.05, 3.63) is 23.8 Å². The molecule has 0 saturated carbocycles. The average Bonchev–Trinajstić information content (AvgIpc) is 2.08. The van der Waals surface area contributed by atoms with Crippen molar-refractivity contribution in [2.24, 2.45) is 0 Å². The van der Waals surface area contributed by atoms with E-state index in [1.165, 1.54) is 6.07 Å². The lowest BCUT2D eigenvalue weighted by atomic mass is 10.2. The van der Waals surface area contributed by atoms with Gasteiger partial charge in [-0.1, -0.05) is 0 Å². The standard InChI is InChI=1S/C8H4F4N2O/c9-7-5(1-3-13)6(2-4-14-7)15-8(10,11)12/h2,4H,1H2. The minimum atomic E-state index is -4.92. The van der Waals surface area contributed by atoms with Crippen molar-refractivity contribution in [3.8, 4) is 11.8 Å². The van der Waals surface area contributed by atoms with Crippen molar-refractivity contribution >= 4 is 0 Å². The largest absolute Gasteiger partial charge is 0.573 e. The number of nitriles is 1. The summed E-state index contributed by atoms with van der Waals surface area (Å²) in [6.45, 7) is 0. The normalized spacial score (nSPS) is 10.9. The van der Waals surface area contributed by atoms with E-state index in [1.807, 2.05) is 0 Å². The van der Waals surface area contributed by atoms with Crippen molar-refractivity contribution in [1.82, 2.24) is 4.98 Å². The zero-order valence-corrected chi connectivity index (χ0v) is 7.18. The van der Waals surface area contributed by atoms with E-state index in [0.29, 0.717) is 0 Å². The molecule has 0 aliphatic rings. The molecule has 1 aromatic rings. The zero-order valence-electron chi connectivity index (χ0n) is 7.18. The van der Waals surface area contributed by atoms with Crippen LogP contribution in [-0.2, 0) is 6.42 Å². The molecule has 0 amide bonds. The van der Waals surface area contributed by atoms with Gasteiger partial charge in [-0.3, -0.25) is 0 Å². The molecule has 0 saturated heterocycles. The molecule has 15 heavy (non-hydrogen) atoms. The van der Waals surface area contributed by atoms with E-state index in [4.69, 9.17) is 5.26 Å². The van der Waals surface area contributed by atoms with Crippen LogP contribution in [0.3, 0.4) is 0 Å². The summed E-state index contributed by atoms with van der Waals surface area (Å²) in [7, 11) is 0. The van der Waals surface area contributed by atoms with Gasteiger partial charge in [0, 0.05) is 6.20 Å². The summed E-state index contributed by atoms with van der Waals surface area (Å²) in [5.74, 6) is -1.88. The molecule has 1 heterocycles. The Labute approximate surface area is 81.9 Å². The number of nitrogens with zero attached hydrogens (tertiary/aromatic N) is 2. The monoisotopic (exact) mass is 220 g/mol. The molecular weight excluding hydrogens is 216 g/mol. The lowest BCUT2D eigenvalue weighted by molar-refractivity contribution is -0.275. The van der Waals surface area contributed by atoms with Gasteiger partial charge in [0.1, 0.15) is 5.75 Å². The van der Waals surface area contributed by atoms with Crippen LogP contribution in [0.5, 0.6) is 5.75 Å². The number of hydrogen-bond donors (Lipinski definition) is 0. The maximum atomic E-state index is 12.9. The molecule has 0 fully saturated rings. The molecule has 0 spiro atoms. The summed E-state index contributed by atoms with van der Waals surface area (Å²) in [5.41, 5.74) is -0.502. The average molecular weight is 220 g/mol. The molecule has 0 N–H and O–H groups in total.